The second kappa shape index (κ2) is 5.92. The number of ether oxygens (including phenoxy) is 1. The van der Waals surface area contributed by atoms with Crippen molar-refractivity contribution in [2.24, 2.45) is 5.92 Å². The van der Waals surface area contributed by atoms with E-state index in [1.807, 2.05) is 0 Å². The third-order valence-corrected chi connectivity index (χ3v) is 7.32. The van der Waals surface area contributed by atoms with Crippen molar-refractivity contribution in [1.29, 1.82) is 0 Å². The number of H-pyrrole nitrogens is 2. The molecule has 26 heavy (non-hydrogen) atoms. The van der Waals surface area contributed by atoms with Crippen LogP contribution >= 0.6 is 0 Å². The first kappa shape index (κ1) is 17.7. The van der Waals surface area contributed by atoms with E-state index >= 15 is 0 Å². The van der Waals surface area contributed by atoms with E-state index in [4.69, 9.17) is 4.74 Å². The maximum Gasteiger partial charge on any atom is 0.160 e. The number of aromatic amines is 2. The summed E-state index contributed by atoms with van der Waals surface area (Å²) in [5.74, 6) is 0.676. The molecule has 0 spiro atoms. The lowest BCUT2D eigenvalue weighted by molar-refractivity contribution is 0.0690. The summed E-state index contributed by atoms with van der Waals surface area (Å²) in [7, 11) is -3.06. The van der Waals surface area contributed by atoms with Crippen LogP contribution in [0.3, 0.4) is 0 Å². The minimum Gasteiger partial charge on any atom is -0.376 e. The SMILES string of the molecule is CC(C)c1n[nH]c2c1COCC(C(C)(C)c1n[nH]c3c1CS(=O)(=O)C3)C2. The van der Waals surface area contributed by atoms with E-state index in [1.54, 1.807) is 0 Å². The molecule has 2 aliphatic rings. The van der Waals surface area contributed by atoms with Gasteiger partial charge in [-0.05, 0) is 18.3 Å². The molecule has 1 unspecified atom stereocenters. The summed E-state index contributed by atoms with van der Waals surface area (Å²) in [6.07, 6.45) is 0.816. The number of rotatable bonds is 3. The molecule has 0 fully saturated rings. The van der Waals surface area contributed by atoms with E-state index < -0.39 is 9.84 Å². The van der Waals surface area contributed by atoms with Crippen molar-refractivity contribution in [1.82, 2.24) is 20.4 Å². The van der Waals surface area contributed by atoms with Crippen LogP contribution in [0.1, 0.15) is 67.5 Å². The van der Waals surface area contributed by atoms with Gasteiger partial charge in [0.15, 0.2) is 9.84 Å². The first-order valence-corrected chi connectivity index (χ1v) is 10.9. The number of sulfone groups is 1. The minimum atomic E-state index is -3.06. The average Bonchev–Trinajstić information content (AvgIpc) is 3.13. The van der Waals surface area contributed by atoms with Crippen LogP contribution in [0.5, 0.6) is 0 Å². The second-order valence-corrected chi connectivity index (χ2v) is 10.5. The first-order valence-electron chi connectivity index (χ1n) is 9.10. The number of aromatic nitrogens is 4. The quantitative estimate of drug-likeness (QED) is 0.854. The van der Waals surface area contributed by atoms with Crippen molar-refractivity contribution in [2.45, 2.75) is 63.6 Å². The third kappa shape index (κ3) is 2.79. The fourth-order valence-corrected chi connectivity index (χ4v) is 5.72. The molecular weight excluding hydrogens is 352 g/mol. The average molecular weight is 378 g/mol. The summed E-state index contributed by atoms with van der Waals surface area (Å²) in [5.41, 5.74) is 5.52. The predicted molar refractivity (Wildman–Crippen MR) is 97.5 cm³/mol. The Morgan fingerprint density at radius 3 is 2.58 bits per heavy atom. The Balaban J connectivity index is 1.67. The highest BCUT2D eigenvalue weighted by Crippen LogP contribution is 2.40. The van der Waals surface area contributed by atoms with Gasteiger partial charge in [0, 0.05) is 22.2 Å². The highest BCUT2D eigenvalue weighted by atomic mass is 32.2. The van der Waals surface area contributed by atoms with Gasteiger partial charge in [-0.1, -0.05) is 27.7 Å². The standard InChI is InChI=1S/C18H26N4O3S/c1-10(2)16-12-7-25-6-11(5-14(12)19-21-16)18(3,4)17-13-8-26(23,24)9-15(13)20-22-17/h10-11H,5-9H2,1-4H3,(H,19,21)(H,20,22). The van der Waals surface area contributed by atoms with Gasteiger partial charge in [0.25, 0.3) is 0 Å². The van der Waals surface area contributed by atoms with E-state index in [-0.39, 0.29) is 22.8 Å². The molecule has 1 atom stereocenters. The lowest BCUT2D eigenvalue weighted by Gasteiger charge is -2.32. The molecule has 0 amide bonds. The van der Waals surface area contributed by atoms with Gasteiger partial charge < -0.3 is 4.74 Å². The largest absolute Gasteiger partial charge is 0.376 e. The van der Waals surface area contributed by atoms with Crippen molar-refractivity contribution in [3.05, 3.63) is 33.9 Å². The van der Waals surface area contributed by atoms with Crippen molar-refractivity contribution in [3.8, 4) is 0 Å². The molecule has 7 nitrogen and oxygen atoms in total. The molecule has 8 heteroatoms. The van der Waals surface area contributed by atoms with Gasteiger partial charge in [0.2, 0.25) is 0 Å². The van der Waals surface area contributed by atoms with Crippen molar-refractivity contribution < 1.29 is 13.2 Å². The van der Waals surface area contributed by atoms with Crippen LogP contribution in [0.2, 0.25) is 0 Å². The Morgan fingerprint density at radius 1 is 1.12 bits per heavy atom. The zero-order valence-electron chi connectivity index (χ0n) is 15.7. The van der Waals surface area contributed by atoms with Crippen LogP contribution in [0.4, 0.5) is 0 Å². The van der Waals surface area contributed by atoms with Gasteiger partial charge in [0.05, 0.1) is 41.8 Å². The van der Waals surface area contributed by atoms with Crippen LogP contribution in [0.15, 0.2) is 0 Å². The number of nitrogens with zero attached hydrogens (tertiary/aromatic N) is 2. The Hall–Kier alpha value is -1.67. The summed E-state index contributed by atoms with van der Waals surface area (Å²) in [4.78, 5) is 0. The fraction of sp³-hybridized carbons (Fsp3) is 0.667. The predicted octanol–water partition coefficient (Wildman–Crippen LogP) is 2.35. The topological polar surface area (TPSA) is 101 Å². The molecule has 0 saturated carbocycles. The smallest absolute Gasteiger partial charge is 0.160 e. The molecule has 4 rings (SSSR count). The number of nitrogens with one attached hydrogen (secondary N) is 2. The fourth-order valence-electron chi connectivity index (χ4n) is 4.19. The third-order valence-electron chi connectivity index (χ3n) is 5.86. The Labute approximate surface area is 153 Å². The lowest BCUT2D eigenvalue weighted by Crippen LogP contribution is -2.34. The Morgan fingerprint density at radius 2 is 1.85 bits per heavy atom. The van der Waals surface area contributed by atoms with Crippen LogP contribution in [-0.4, -0.2) is 35.4 Å². The summed E-state index contributed by atoms with van der Waals surface area (Å²) >= 11 is 0. The molecule has 2 aromatic rings. The molecule has 0 saturated heterocycles. The van der Waals surface area contributed by atoms with Crippen LogP contribution < -0.4 is 0 Å². The zero-order chi connectivity index (χ0) is 18.7. The van der Waals surface area contributed by atoms with E-state index in [0.29, 0.717) is 19.1 Å². The normalized spacial score (nSPS) is 22.3. The van der Waals surface area contributed by atoms with Crippen LogP contribution in [-0.2, 0) is 44.5 Å². The second-order valence-electron chi connectivity index (χ2n) is 8.42. The maximum atomic E-state index is 12.0. The van der Waals surface area contributed by atoms with Crippen molar-refractivity contribution in [2.75, 3.05) is 6.61 Å². The first-order chi connectivity index (χ1) is 12.2. The van der Waals surface area contributed by atoms with Crippen molar-refractivity contribution >= 4 is 9.84 Å². The molecule has 0 aromatic carbocycles. The van der Waals surface area contributed by atoms with Crippen LogP contribution in [0, 0.1) is 5.92 Å². The van der Waals surface area contributed by atoms with Gasteiger partial charge in [-0.15, -0.1) is 0 Å². The van der Waals surface area contributed by atoms with E-state index in [1.165, 1.54) is 5.56 Å². The van der Waals surface area contributed by atoms with Gasteiger partial charge in [-0.25, -0.2) is 8.42 Å². The Bertz CT molecular complexity index is 940. The lowest BCUT2D eigenvalue weighted by atomic mass is 9.73. The van der Waals surface area contributed by atoms with E-state index in [0.717, 1.165) is 34.8 Å². The molecule has 142 valence electrons. The summed E-state index contributed by atoms with van der Waals surface area (Å²) in [6, 6.07) is 0. The monoisotopic (exact) mass is 378 g/mol. The number of fused-ring (bicyclic) bond motifs is 2. The number of hydrogen-bond donors (Lipinski definition) is 2. The minimum absolute atomic E-state index is 0.0645. The highest BCUT2D eigenvalue weighted by molar-refractivity contribution is 7.90. The summed E-state index contributed by atoms with van der Waals surface area (Å²) < 4.78 is 30.0. The maximum absolute atomic E-state index is 12.0. The van der Waals surface area contributed by atoms with Gasteiger partial charge in [-0.2, -0.15) is 10.2 Å². The molecule has 2 N–H and O–H groups in total. The molecule has 2 aliphatic heterocycles. The zero-order valence-corrected chi connectivity index (χ0v) is 16.5. The highest BCUT2D eigenvalue weighted by Gasteiger charge is 2.41. The van der Waals surface area contributed by atoms with Gasteiger partial charge in [0.1, 0.15) is 0 Å². The molecular formula is C18H26N4O3S. The molecule has 0 aliphatic carbocycles. The van der Waals surface area contributed by atoms with E-state index in [9.17, 15) is 8.42 Å². The van der Waals surface area contributed by atoms with Gasteiger partial charge >= 0.3 is 0 Å². The van der Waals surface area contributed by atoms with Crippen molar-refractivity contribution in [3.63, 3.8) is 0 Å². The summed E-state index contributed by atoms with van der Waals surface area (Å²) in [5, 5.41) is 15.1. The van der Waals surface area contributed by atoms with Crippen LogP contribution in [0.25, 0.3) is 0 Å². The molecule has 4 heterocycles. The molecule has 0 radical (unpaired) electrons. The molecule has 2 aromatic heterocycles. The number of hydrogen-bond acceptors (Lipinski definition) is 5. The molecule has 0 bridgehead atoms. The van der Waals surface area contributed by atoms with E-state index in [2.05, 4.69) is 48.1 Å². The summed E-state index contributed by atoms with van der Waals surface area (Å²) in [6.45, 7) is 9.72. The van der Waals surface area contributed by atoms with Gasteiger partial charge in [-0.3, -0.25) is 10.2 Å². The Kier molecular flexibility index (Phi) is 4.04.